The average molecular weight is 444 g/mol. The first-order valence-corrected chi connectivity index (χ1v) is 10.6. The number of sulfonamides is 1. The van der Waals surface area contributed by atoms with Crippen LogP contribution in [0.15, 0.2) is 24.4 Å². The number of carbonyl (C=O) groups excluding carboxylic acids is 1. The van der Waals surface area contributed by atoms with Crippen molar-refractivity contribution in [2.24, 2.45) is 0 Å². The maximum absolute atomic E-state index is 13.4. The molecule has 1 amide bonds. The van der Waals surface area contributed by atoms with E-state index in [2.05, 4.69) is 25.3 Å². The number of fused-ring (bicyclic) bond motifs is 1. The van der Waals surface area contributed by atoms with Crippen molar-refractivity contribution in [3.63, 3.8) is 0 Å². The normalized spacial score (nSPS) is 13.7. The molecule has 3 rings (SSSR count). The second-order valence-corrected chi connectivity index (χ2v) is 8.57. The summed E-state index contributed by atoms with van der Waals surface area (Å²) < 4.78 is 64.7. The largest absolute Gasteiger partial charge is 0.421 e. The van der Waals surface area contributed by atoms with E-state index in [0.717, 1.165) is 11.8 Å². The predicted molar refractivity (Wildman–Crippen MR) is 105 cm³/mol. The molecule has 2 aromatic rings. The first kappa shape index (κ1) is 21.8. The van der Waals surface area contributed by atoms with Crippen LogP contribution >= 0.6 is 0 Å². The van der Waals surface area contributed by atoms with Crippen LogP contribution in [0.2, 0.25) is 0 Å². The van der Waals surface area contributed by atoms with E-state index in [1.165, 1.54) is 11.9 Å². The summed E-state index contributed by atoms with van der Waals surface area (Å²) in [6.45, 7) is -0.134. The number of aromatic nitrogens is 2. The Bertz CT molecular complexity index is 1070. The Morgan fingerprint density at radius 3 is 2.70 bits per heavy atom. The monoisotopic (exact) mass is 444 g/mol. The Morgan fingerprint density at radius 1 is 1.30 bits per heavy atom. The van der Waals surface area contributed by atoms with Crippen molar-refractivity contribution in [1.29, 1.82) is 0 Å². The van der Waals surface area contributed by atoms with E-state index < -0.39 is 27.6 Å². The molecule has 0 saturated carbocycles. The Hall–Kier alpha value is -2.93. The molecule has 1 aromatic carbocycles. The number of amides is 1. The van der Waals surface area contributed by atoms with Crippen molar-refractivity contribution in [1.82, 2.24) is 14.7 Å². The molecular weight excluding hydrogens is 425 g/mol. The standard InChI is InChI=1S/C17H19F3N6O3S/c1-26(6-5-22-30(2,28)29)15-12(17(18,19)20)9-21-16(25-15)23-11-3-4-13-10(7-11)8-14(27)24-13/h3-4,7,9,22H,5-6,8H2,1-2H3,(H,24,27)(H,21,23,25). The van der Waals surface area contributed by atoms with Gasteiger partial charge in [-0.05, 0) is 23.8 Å². The number of nitrogens with zero attached hydrogens (tertiary/aromatic N) is 3. The first-order valence-electron chi connectivity index (χ1n) is 8.72. The Morgan fingerprint density at radius 2 is 2.03 bits per heavy atom. The van der Waals surface area contributed by atoms with Gasteiger partial charge in [0.2, 0.25) is 21.9 Å². The highest BCUT2D eigenvalue weighted by Crippen LogP contribution is 2.35. The zero-order valence-electron chi connectivity index (χ0n) is 16.0. The van der Waals surface area contributed by atoms with Crippen LogP contribution in [-0.4, -0.2) is 50.7 Å². The Balaban J connectivity index is 1.84. The maximum atomic E-state index is 13.4. The van der Waals surface area contributed by atoms with E-state index in [-0.39, 0.29) is 31.4 Å². The average Bonchev–Trinajstić information content (AvgIpc) is 2.99. The minimum atomic E-state index is -4.69. The number of rotatable bonds is 7. The number of halogens is 3. The number of hydrogen-bond acceptors (Lipinski definition) is 7. The van der Waals surface area contributed by atoms with Crippen LogP contribution in [0.25, 0.3) is 0 Å². The number of carbonyl (C=O) groups is 1. The molecule has 1 aliphatic heterocycles. The molecule has 162 valence electrons. The summed E-state index contributed by atoms with van der Waals surface area (Å²) >= 11 is 0. The van der Waals surface area contributed by atoms with Crippen LogP contribution in [0.4, 0.5) is 36.3 Å². The number of nitrogens with one attached hydrogen (secondary N) is 3. The van der Waals surface area contributed by atoms with Gasteiger partial charge in [-0.2, -0.15) is 18.2 Å². The maximum Gasteiger partial charge on any atom is 0.421 e. The van der Waals surface area contributed by atoms with Gasteiger partial charge in [0.05, 0.1) is 12.7 Å². The summed E-state index contributed by atoms with van der Waals surface area (Å²) in [5, 5.41) is 5.52. The number of hydrogen-bond donors (Lipinski definition) is 3. The molecule has 2 heterocycles. The molecule has 30 heavy (non-hydrogen) atoms. The van der Waals surface area contributed by atoms with Crippen LogP contribution in [0.1, 0.15) is 11.1 Å². The minimum absolute atomic E-state index is 0.0424. The third kappa shape index (κ3) is 5.36. The third-order valence-electron chi connectivity index (χ3n) is 4.23. The van der Waals surface area contributed by atoms with Crippen LogP contribution in [0, 0.1) is 0 Å². The molecule has 0 atom stereocenters. The lowest BCUT2D eigenvalue weighted by Gasteiger charge is -2.22. The number of anilines is 4. The lowest BCUT2D eigenvalue weighted by atomic mass is 10.1. The fourth-order valence-corrected chi connectivity index (χ4v) is 3.33. The molecule has 0 saturated heterocycles. The highest BCUT2D eigenvalue weighted by Gasteiger charge is 2.36. The van der Waals surface area contributed by atoms with Crippen LogP contribution in [0.5, 0.6) is 0 Å². The highest BCUT2D eigenvalue weighted by molar-refractivity contribution is 7.88. The molecule has 1 aromatic heterocycles. The van der Waals surface area contributed by atoms with Gasteiger partial charge in [0.25, 0.3) is 0 Å². The fraction of sp³-hybridized carbons (Fsp3) is 0.353. The van der Waals surface area contributed by atoms with E-state index in [1.807, 2.05) is 0 Å². The van der Waals surface area contributed by atoms with Gasteiger partial charge in [0.1, 0.15) is 11.4 Å². The number of likely N-dealkylation sites (N-methyl/N-ethyl adjacent to an activating group) is 1. The van der Waals surface area contributed by atoms with E-state index in [0.29, 0.717) is 17.6 Å². The summed E-state index contributed by atoms with van der Waals surface area (Å²) in [7, 11) is -2.10. The summed E-state index contributed by atoms with van der Waals surface area (Å²) in [6, 6.07) is 5.01. The first-order chi connectivity index (χ1) is 13.9. The van der Waals surface area contributed by atoms with Gasteiger partial charge < -0.3 is 15.5 Å². The van der Waals surface area contributed by atoms with E-state index in [4.69, 9.17) is 0 Å². The van der Waals surface area contributed by atoms with Gasteiger partial charge in [-0.25, -0.2) is 18.1 Å². The smallest absolute Gasteiger partial charge is 0.358 e. The van der Waals surface area contributed by atoms with Crippen molar-refractivity contribution >= 4 is 39.1 Å². The lowest BCUT2D eigenvalue weighted by Crippen LogP contribution is -2.33. The van der Waals surface area contributed by atoms with Crippen LogP contribution in [0.3, 0.4) is 0 Å². The second-order valence-electron chi connectivity index (χ2n) is 6.74. The van der Waals surface area contributed by atoms with Crippen LogP contribution < -0.4 is 20.3 Å². The summed E-state index contributed by atoms with van der Waals surface area (Å²) in [5.41, 5.74) is 0.898. The number of alkyl halides is 3. The summed E-state index contributed by atoms with van der Waals surface area (Å²) in [6.07, 6.45) is -2.85. The summed E-state index contributed by atoms with van der Waals surface area (Å²) in [5.74, 6) is -0.606. The van der Waals surface area contributed by atoms with Crippen LogP contribution in [-0.2, 0) is 27.4 Å². The molecule has 1 aliphatic rings. The highest BCUT2D eigenvalue weighted by atomic mass is 32.2. The zero-order chi connectivity index (χ0) is 22.1. The topological polar surface area (TPSA) is 116 Å². The minimum Gasteiger partial charge on any atom is -0.358 e. The molecular formula is C17H19F3N6O3S. The van der Waals surface area contributed by atoms with E-state index in [9.17, 15) is 26.4 Å². The molecule has 9 nitrogen and oxygen atoms in total. The molecule has 13 heteroatoms. The Kier molecular flexibility index (Phi) is 5.85. The zero-order valence-corrected chi connectivity index (χ0v) is 16.9. The van der Waals surface area contributed by atoms with Gasteiger partial charge in [0.15, 0.2) is 0 Å². The van der Waals surface area contributed by atoms with E-state index in [1.54, 1.807) is 18.2 Å². The van der Waals surface area contributed by atoms with Crippen molar-refractivity contribution < 1.29 is 26.4 Å². The Labute approximate surface area is 170 Å². The molecule has 0 unspecified atom stereocenters. The molecule has 0 radical (unpaired) electrons. The summed E-state index contributed by atoms with van der Waals surface area (Å²) in [4.78, 5) is 20.4. The van der Waals surface area contributed by atoms with E-state index >= 15 is 0 Å². The molecule has 3 N–H and O–H groups in total. The van der Waals surface area contributed by atoms with Gasteiger partial charge in [-0.1, -0.05) is 0 Å². The number of benzene rings is 1. The SMILES string of the molecule is CN(CCNS(C)(=O)=O)c1nc(Nc2ccc3c(c2)CC(=O)N3)ncc1C(F)(F)F. The third-order valence-corrected chi connectivity index (χ3v) is 4.96. The molecule has 0 fully saturated rings. The van der Waals surface area contributed by atoms with Crippen molar-refractivity contribution in [2.45, 2.75) is 12.6 Å². The second kappa shape index (κ2) is 8.07. The predicted octanol–water partition coefficient (Wildman–Crippen LogP) is 1.72. The van der Waals surface area contributed by atoms with Gasteiger partial charge in [0, 0.05) is 37.7 Å². The quantitative estimate of drug-likeness (QED) is 0.595. The van der Waals surface area contributed by atoms with Crippen molar-refractivity contribution in [3.8, 4) is 0 Å². The molecule has 0 spiro atoms. The van der Waals surface area contributed by atoms with Crippen molar-refractivity contribution in [2.75, 3.05) is 41.9 Å². The molecule has 0 aliphatic carbocycles. The van der Waals surface area contributed by atoms with Crippen molar-refractivity contribution in [3.05, 3.63) is 35.5 Å². The van der Waals surface area contributed by atoms with Gasteiger partial charge in [-0.3, -0.25) is 4.79 Å². The lowest BCUT2D eigenvalue weighted by molar-refractivity contribution is -0.137. The van der Waals surface area contributed by atoms with Gasteiger partial charge in [-0.15, -0.1) is 0 Å². The molecule has 0 bridgehead atoms. The van der Waals surface area contributed by atoms with Gasteiger partial charge >= 0.3 is 6.18 Å². The fourth-order valence-electron chi connectivity index (χ4n) is 2.86.